The van der Waals surface area contributed by atoms with Crippen molar-refractivity contribution in [3.63, 3.8) is 0 Å². The molecule has 0 saturated heterocycles. The van der Waals surface area contributed by atoms with Crippen LogP contribution < -0.4 is 5.32 Å². The maximum Gasteiger partial charge on any atom is 0.225 e. The van der Waals surface area contributed by atoms with Crippen molar-refractivity contribution in [1.82, 2.24) is 24.6 Å². The molecule has 6 nitrogen and oxygen atoms in total. The average Bonchev–Trinajstić information content (AvgIpc) is 2.93. The van der Waals surface area contributed by atoms with Gasteiger partial charge in [-0.2, -0.15) is 5.10 Å². The number of aromatic nitrogens is 4. The van der Waals surface area contributed by atoms with Crippen LogP contribution in [0.4, 0.5) is 0 Å². The number of carbonyl (C=O) groups is 1. The van der Waals surface area contributed by atoms with E-state index in [0.717, 1.165) is 17.2 Å². The van der Waals surface area contributed by atoms with Crippen molar-refractivity contribution in [2.75, 3.05) is 0 Å². The van der Waals surface area contributed by atoms with E-state index in [2.05, 4.69) is 15.4 Å². The van der Waals surface area contributed by atoms with E-state index in [9.17, 15) is 4.79 Å². The van der Waals surface area contributed by atoms with Crippen molar-refractivity contribution in [3.05, 3.63) is 35.7 Å². The Hall–Kier alpha value is -2.11. The third-order valence-electron chi connectivity index (χ3n) is 3.34. The third kappa shape index (κ3) is 3.26. The summed E-state index contributed by atoms with van der Waals surface area (Å²) >= 11 is 0. The Kier molecular flexibility index (Phi) is 4.22. The molecule has 0 aliphatic heterocycles. The molecule has 0 spiro atoms. The summed E-state index contributed by atoms with van der Waals surface area (Å²) in [6, 6.07) is 2.01. The molecule has 0 aliphatic carbocycles. The molecule has 0 saturated carbocycles. The molecule has 2 rings (SSSR count). The van der Waals surface area contributed by atoms with Gasteiger partial charge in [-0.15, -0.1) is 0 Å². The molecular weight excluding hydrogens is 254 g/mol. The molecule has 2 aromatic rings. The van der Waals surface area contributed by atoms with Crippen LogP contribution in [0.15, 0.2) is 18.5 Å². The standard InChI is InChI=1S/C14H21N5O/c1-10(9-19-12(3)7-11(2)17-19)14(20)16-8-13-15-5-6-18(13)4/h5-7,10H,8-9H2,1-4H3,(H,16,20)/t10-/m0/s1. The number of aryl methyl sites for hydroxylation is 3. The highest BCUT2D eigenvalue weighted by Crippen LogP contribution is 2.07. The van der Waals surface area contributed by atoms with Gasteiger partial charge >= 0.3 is 0 Å². The molecule has 1 N–H and O–H groups in total. The molecule has 2 heterocycles. The van der Waals surface area contributed by atoms with Crippen LogP contribution in [0.2, 0.25) is 0 Å². The SMILES string of the molecule is Cc1cc(C)n(C[C@H](C)C(=O)NCc2nccn2C)n1. The van der Waals surface area contributed by atoms with Crippen LogP contribution in [0.3, 0.4) is 0 Å². The fraction of sp³-hybridized carbons (Fsp3) is 0.500. The van der Waals surface area contributed by atoms with Gasteiger partial charge in [-0.3, -0.25) is 9.48 Å². The van der Waals surface area contributed by atoms with E-state index < -0.39 is 0 Å². The summed E-state index contributed by atoms with van der Waals surface area (Å²) in [5.74, 6) is 0.727. The maximum atomic E-state index is 12.1. The quantitative estimate of drug-likeness (QED) is 0.891. The zero-order chi connectivity index (χ0) is 14.7. The van der Waals surface area contributed by atoms with Crippen LogP contribution in [0, 0.1) is 19.8 Å². The smallest absolute Gasteiger partial charge is 0.225 e. The molecule has 2 aromatic heterocycles. The lowest BCUT2D eigenvalue weighted by molar-refractivity contribution is -0.125. The predicted molar refractivity (Wildman–Crippen MR) is 75.9 cm³/mol. The minimum Gasteiger partial charge on any atom is -0.349 e. The average molecular weight is 275 g/mol. The largest absolute Gasteiger partial charge is 0.349 e. The monoisotopic (exact) mass is 275 g/mol. The van der Waals surface area contributed by atoms with E-state index >= 15 is 0 Å². The number of amides is 1. The Labute approximate surface area is 118 Å². The lowest BCUT2D eigenvalue weighted by atomic mass is 10.1. The van der Waals surface area contributed by atoms with Gasteiger partial charge in [0, 0.05) is 25.1 Å². The summed E-state index contributed by atoms with van der Waals surface area (Å²) in [5.41, 5.74) is 2.05. The maximum absolute atomic E-state index is 12.1. The molecule has 1 atom stereocenters. The molecule has 0 aromatic carbocycles. The highest BCUT2D eigenvalue weighted by molar-refractivity contribution is 5.78. The number of nitrogens with one attached hydrogen (secondary N) is 1. The summed E-state index contributed by atoms with van der Waals surface area (Å²) in [5, 5.41) is 7.29. The molecule has 6 heteroatoms. The van der Waals surface area contributed by atoms with Crippen molar-refractivity contribution in [1.29, 1.82) is 0 Å². The number of hydrogen-bond acceptors (Lipinski definition) is 3. The summed E-state index contributed by atoms with van der Waals surface area (Å²) in [4.78, 5) is 16.3. The Morgan fingerprint density at radius 3 is 2.75 bits per heavy atom. The van der Waals surface area contributed by atoms with E-state index in [1.165, 1.54) is 0 Å². The molecule has 0 unspecified atom stereocenters. The van der Waals surface area contributed by atoms with Gasteiger partial charge < -0.3 is 9.88 Å². The van der Waals surface area contributed by atoms with E-state index in [1.807, 2.05) is 49.3 Å². The Balaban J connectivity index is 1.89. The summed E-state index contributed by atoms with van der Waals surface area (Å²) in [6.45, 7) is 6.90. The van der Waals surface area contributed by atoms with Crippen LogP contribution >= 0.6 is 0 Å². The first-order chi connectivity index (χ1) is 9.47. The number of carbonyl (C=O) groups excluding carboxylic acids is 1. The van der Waals surface area contributed by atoms with Crippen LogP contribution in [0.25, 0.3) is 0 Å². The number of rotatable bonds is 5. The molecule has 0 fully saturated rings. The van der Waals surface area contributed by atoms with Crippen molar-refractivity contribution in [2.45, 2.75) is 33.9 Å². The third-order valence-corrected chi connectivity index (χ3v) is 3.34. The van der Waals surface area contributed by atoms with E-state index in [0.29, 0.717) is 13.1 Å². The minimum absolute atomic E-state index is 0.0144. The normalized spacial score (nSPS) is 12.4. The van der Waals surface area contributed by atoms with Gasteiger partial charge in [0.05, 0.1) is 24.7 Å². The predicted octanol–water partition coefficient (Wildman–Crippen LogP) is 1.19. The first-order valence-corrected chi connectivity index (χ1v) is 6.72. The number of nitrogens with zero attached hydrogens (tertiary/aromatic N) is 4. The summed E-state index contributed by atoms with van der Waals surface area (Å²) < 4.78 is 3.77. The van der Waals surface area contributed by atoms with E-state index in [4.69, 9.17) is 0 Å². The van der Waals surface area contributed by atoms with Crippen molar-refractivity contribution >= 4 is 5.91 Å². The van der Waals surface area contributed by atoms with Crippen molar-refractivity contribution in [3.8, 4) is 0 Å². The van der Waals surface area contributed by atoms with Crippen molar-refractivity contribution in [2.24, 2.45) is 13.0 Å². The lowest BCUT2D eigenvalue weighted by Crippen LogP contribution is -2.32. The van der Waals surface area contributed by atoms with Crippen LogP contribution in [0.1, 0.15) is 24.1 Å². The van der Waals surface area contributed by atoms with Crippen molar-refractivity contribution < 1.29 is 4.79 Å². The summed E-state index contributed by atoms with van der Waals surface area (Å²) in [7, 11) is 1.91. The van der Waals surface area contributed by atoms with Crippen LogP contribution in [0.5, 0.6) is 0 Å². The lowest BCUT2D eigenvalue weighted by Gasteiger charge is -2.13. The first-order valence-electron chi connectivity index (χ1n) is 6.72. The molecule has 0 aliphatic rings. The Morgan fingerprint density at radius 1 is 1.45 bits per heavy atom. The van der Waals surface area contributed by atoms with Gasteiger partial charge in [-0.1, -0.05) is 6.92 Å². The zero-order valence-corrected chi connectivity index (χ0v) is 12.4. The molecule has 1 amide bonds. The second-order valence-electron chi connectivity index (χ2n) is 5.18. The van der Waals surface area contributed by atoms with E-state index in [-0.39, 0.29) is 11.8 Å². The number of hydrogen-bond donors (Lipinski definition) is 1. The minimum atomic E-state index is -0.131. The fourth-order valence-corrected chi connectivity index (χ4v) is 2.11. The Bertz CT molecular complexity index is 598. The van der Waals surface area contributed by atoms with Gasteiger partial charge in [-0.05, 0) is 19.9 Å². The van der Waals surface area contributed by atoms with Crippen LogP contribution in [-0.2, 0) is 24.9 Å². The van der Waals surface area contributed by atoms with Gasteiger partial charge in [0.1, 0.15) is 5.82 Å². The highest BCUT2D eigenvalue weighted by Gasteiger charge is 2.15. The second kappa shape index (κ2) is 5.90. The molecular formula is C14H21N5O. The second-order valence-corrected chi connectivity index (χ2v) is 5.18. The molecule has 0 radical (unpaired) electrons. The number of imidazole rings is 1. The highest BCUT2D eigenvalue weighted by atomic mass is 16.1. The van der Waals surface area contributed by atoms with Gasteiger partial charge in [-0.25, -0.2) is 4.98 Å². The topological polar surface area (TPSA) is 64.7 Å². The summed E-state index contributed by atoms with van der Waals surface area (Å²) in [6.07, 6.45) is 3.58. The first kappa shape index (κ1) is 14.3. The molecule has 108 valence electrons. The molecule has 0 bridgehead atoms. The molecule has 20 heavy (non-hydrogen) atoms. The fourth-order valence-electron chi connectivity index (χ4n) is 2.11. The van der Waals surface area contributed by atoms with E-state index in [1.54, 1.807) is 6.20 Å². The zero-order valence-electron chi connectivity index (χ0n) is 12.4. The van der Waals surface area contributed by atoms with Gasteiger partial charge in [0.2, 0.25) is 5.91 Å². The Morgan fingerprint density at radius 2 is 2.20 bits per heavy atom. The van der Waals surface area contributed by atoms with Crippen LogP contribution in [-0.4, -0.2) is 25.2 Å². The van der Waals surface area contributed by atoms with Gasteiger partial charge in [0.15, 0.2) is 0 Å². The van der Waals surface area contributed by atoms with Gasteiger partial charge in [0.25, 0.3) is 0 Å².